The zero-order valence-electron chi connectivity index (χ0n) is 16.4. The number of carbonyl (C=O) groups excluding carboxylic acids is 1. The van der Waals surface area contributed by atoms with Crippen molar-refractivity contribution in [2.45, 2.75) is 6.61 Å². The lowest BCUT2D eigenvalue weighted by atomic mass is 10.1. The van der Waals surface area contributed by atoms with Crippen LogP contribution < -0.4 is 14.2 Å². The largest absolute Gasteiger partial charge is 0.496 e. The Labute approximate surface area is 164 Å². The molecule has 0 fully saturated rings. The van der Waals surface area contributed by atoms with E-state index in [1.807, 2.05) is 6.07 Å². The minimum atomic E-state index is -0.156. The van der Waals surface area contributed by atoms with Crippen LogP contribution in [0.25, 0.3) is 6.08 Å². The molecule has 0 radical (unpaired) electrons. The van der Waals surface area contributed by atoms with Gasteiger partial charge in [-0.3, -0.25) is 4.79 Å². The van der Waals surface area contributed by atoms with Crippen molar-refractivity contribution in [2.75, 3.05) is 35.2 Å². The number of allylic oxidation sites excluding steroid dienone is 1. The molecule has 0 saturated carbocycles. The standard InChI is InChI=1S/C21H24O7/c1-23-14-27-19-10-6-15(11-21(19)25-3)5-9-18(22)16-7-8-17(13-28-26-4)20(12-16)24-2/h5-12H,13-14H2,1-4H3. The average molecular weight is 388 g/mol. The van der Waals surface area contributed by atoms with Crippen LogP contribution in [-0.4, -0.2) is 41.0 Å². The van der Waals surface area contributed by atoms with Gasteiger partial charge < -0.3 is 18.9 Å². The zero-order chi connectivity index (χ0) is 20.4. The molecule has 0 unspecified atom stereocenters. The van der Waals surface area contributed by atoms with Gasteiger partial charge in [0.15, 0.2) is 24.1 Å². The summed E-state index contributed by atoms with van der Waals surface area (Å²) in [6.07, 6.45) is 3.20. The second-order valence-electron chi connectivity index (χ2n) is 5.61. The molecule has 0 heterocycles. The van der Waals surface area contributed by atoms with Gasteiger partial charge in [0.25, 0.3) is 0 Å². The van der Waals surface area contributed by atoms with Gasteiger partial charge in [-0.2, -0.15) is 0 Å². The van der Waals surface area contributed by atoms with Crippen molar-refractivity contribution in [3.8, 4) is 17.2 Å². The van der Waals surface area contributed by atoms with E-state index in [-0.39, 0.29) is 19.2 Å². The Balaban J connectivity index is 2.14. The lowest BCUT2D eigenvalue weighted by molar-refractivity contribution is -0.282. The van der Waals surface area contributed by atoms with E-state index >= 15 is 0 Å². The Morgan fingerprint density at radius 3 is 2.39 bits per heavy atom. The summed E-state index contributed by atoms with van der Waals surface area (Å²) in [5.41, 5.74) is 2.08. The summed E-state index contributed by atoms with van der Waals surface area (Å²) in [7, 11) is 6.06. The highest BCUT2D eigenvalue weighted by atomic mass is 17.2. The maximum atomic E-state index is 12.5. The van der Waals surface area contributed by atoms with Crippen molar-refractivity contribution < 1.29 is 33.5 Å². The highest BCUT2D eigenvalue weighted by molar-refractivity contribution is 6.07. The van der Waals surface area contributed by atoms with Gasteiger partial charge in [0.05, 0.1) is 21.3 Å². The monoisotopic (exact) mass is 388 g/mol. The predicted molar refractivity (Wildman–Crippen MR) is 104 cm³/mol. The molecular weight excluding hydrogens is 364 g/mol. The molecule has 2 aromatic carbocycles. The van der Waals surface area contributed by atoms with Crippen LogP contribution >= 0.6 is 0 Å². The quantitative estimate of drug-likeness (QED) is 0.191. The molecule has 0 N–H and O–H groups in total. The molecule has 7 heteroatoms. The molecule has 2 rings (SSSR count). The summed E-state index contributed by atoms with van der Waals surface area (Å²) in [6, 6.07) is 10.5. The van der Waals surface area contributed by atoms with Crippen molar-refractivity contribution in [1.29, 1.82) is 0 Å². The van der Waals surface area contributed by atoms with Crippen molar-refractivity contribution in [2.24, 2.45) is 0 Å². The maximum absolute atomic E-state index is 12.5. The highest BCUT2D eigenvalue weighted by Gasteiger charge is 2.10. The van der Waals surface area contributed by atoms with Gasteiger partial charge in [0.2, 0.25) is 0 Å². The summed E-state index contributed by atoms with van der Waals surface area (Å²) < 4.78 is 20.9. The first-order valence-electron chi connectivity index (χ1n) is 8.47. The molecule has 0 atom stereocenters. The molecular formula is C21H24O7. The van der Waals surface area contributed by atoms with Gasteiger partial charge in [-0.05, 0) is 29.8 Å². The Morgan fingerprint density at radius 2 is 1.71 bits per heavy atom. The molecule has 7 nitrogen and oxygen atoms in total. The third-order valence-corrected chi connectivity index (χ3v) is 3.85. The number of ketones is 1. The van der Waals surface area contributed by atoms with Gasteiger partial charge in [-0.1, -0.05) is 24.3 Å². The number of rotatable bonds is 11. The van der Waals surface area contributed by atoms with Crippen molar-refractivity contribution in [1.82, 2.24) is 0 Å². The second kappa shape index (κ2) is 11.1. The molecule has 0 bridgehead atoms. The number of hydrogen-bond donors (Lipinski definition) is 0. The van der Waals surface area contributed by atoms with Gasteiger partial charge in [-0.15, -0.1) is 0 Å². The third kappa shape index (κ3) is 5.82. The van der Waals surface area contributed by atoms with E-state index < -0.39 is 0 Å². The Bertz CT molecular complexity index is 814. The molecule has 0 aliphatic rings. The number of carbonyl (C=O) groups is 1. The number of hydrogen-bond acceptors (Lipinski definition) is 7. The number of benzene rings is 2. The van der Waals surface area contributed by atoms with Crippen LogP contribution in [0.15, 0.2) is 42.5 Å². The van der Waals surface area contributed by atoms with E-state index in [0.717, 1.165) is 11.1 Å². The fourth-order valence-electron chi connectivity index (χ4n) is 2.44. The Morgan fingerprint density at radius 1 is 0.929 bits per heavy atom. The zero-order valence-corrected chi connectivity index (χ0v) is 16.4. The van der Waals surface area contributed by atoms with Gasteiger partial charge in [0, 0.05) is 18.2 Å². The van der Waals surface area contributed by atoms with E-state index in [4.69, 9.17) is 23.8 Å². The van der Waals surface area contributed by atoms with E-state index in [1.54, 1.807) is 50.6 Å². The summed E-state index contributed by atoms with van der Waals surface area (Å²) in [6.45, 7) is 0.346. The SMILES string of the molecule is COCOc1ccc(C=CC(=O)c2ccc(COOC)c(OC)c2)cc1OC. The normalized spacial score (nSPS) is 10.9. The van der Waals surface area contributed by atoms with Crippen LogP contribution in [0.5, 0.6) is 17.2 Å². The first-order chi connectivity index (χ1) is 13.6. The van der Waals surface area contributed by atoms with Crippen LogP contribution in [0.3, 0.4) is 0 Å². The van der Waals surface area contributed by atoms with E-state index in [2.05, 4.69) is 4.89 Å². The average Bonchev–Trinajstić information content (AvgIpc) is 2.74. The van der Waals surface area contributed by atoms with Crippen molar-refractivity contribution in [3.05, 3.63) is 59.2 Å². The Hall–Kier alpha value is -2.87. The van der Waals surface area contributed by atoms with Crippen LogP contribution in [0.2, 0.25) is 0 Å². The summed E-state index contributed by atoms with van der Waals surface area (Å²) in [5.74, 6) is 1.51. The molecule has 0 amide bonds. The van der Waals surface area contributed by atoms with Gasteiger partial charge in [0.1, 0.15) is 12.4 Å². The molecule has 0 aromatic heterocycles. The topological polar surface area (TPSA) is 72.5 Å². The smallest absolute Gasteiger partial charge is 0.188 e. The molecule has 0 aliphatic carbocycles. The molecule has 0 spiro atoms. The van der Waals surface area contributed by atoms with E-state index in [0.29, 0.717) is 22.8 Å². The highest BCUT2D eigenvalue weighted by Crippen LogP contribution is 2.28. The van der Waals surface area contributed by atoms with Gasteiger partial charge in [-0.25, -0.2) is 9.78 Å². The van der Waals surface area contributed by atoms with Crippen LogP contribution in [0.4, 0.5) is 0 Å². The number of ether oxygens (including phenoxy) is 4. The summed E-state index contributed by atoms with van der Waals surface area (Å²) >= 11 is 0. The lowest BCUT2D eigenvalue weighted by Gasteiger charge is -2.10. The first kappa shape index (κ1) is 21.4. The van der Waals surface area contributed by atoms with E-state index in [9.17, 15) is 4.79 Å². The van der Waals surface area contributed by atoms with Crippen molar-refractivity contribution >= 4 is 11.9 Å². The summed E-state index contributed by atoms with van der Waals surface area (Å²) in [5, 5.41) is 0. The molecule has 150 valence electrons. The van der Waals surface area contributed by atoms with Gasteiger partial charge >= 0.3 is 0 Å². The fraction of sp³-hybridized carbons (Fsp3) is 0.286. The molecule has 0 saturated heterocycles. The predicted octanol–water partition coefficient (Wildman–Crippen LogP) is 3.66. The first-order valence-corrected chi connectivity index (χ1v) is 8.47. The molecule has 2 aromatic rings. The fourth-order valence-corrected chi connectivity index (χ4v) is 2.44. The minimum Gasteiger partial charge on any atom is -0.496 e. The van der Waals surface area contributed by atoms with Crippen LogP contribution in [-0.2, 0) is 21.1 Å². The lowest BCUT2D eigenvalue weighted by Crippen LogP contribution is -2.01. The van der Waals surface area contributed by atoms with Crippen molar-refractivity contribution in [3.63, 3.8) is 0 Å². The maximum Gasteiger partial charge on any atom is 0.188 e. The van der Waals surface area contributed by atoms with E-state index in [1.165, 1.54) is 20.3 Å². The number of methoxy groups -OCH3 is 3. The Kier molecular flexibility index (Phi) is 8.48. The second-order valence-corrected chi connectivity index (χ2v) is 5.61. The van der Waals surface area contributed by atoms with Crippen LogP contribution in [0, 0.1) is 0 Å². The van der Waals surface area contributed by atoms with Crippen LogP contribution in [0.1, 0.15) is 21.5 Å². The summed E-state index contributed by atoms with van der Waals surface area (Å²) in [4.78, 5) is 22.0. The molecule has 28 heavy (non-hydrogen) atoms. The third-order valence-electron chi connectivity index (χ3n) is 3.85. The minimum absolute atomic E-state index is 0.122. The molecule has 0 aliphatic heterocycles.